The van der Waals surface area contributed by atoms with Gasteiger partial charge in [-0.3, -0.25) is 4.99 Å². The summed E-state index contributed by atoms with van der Waals surface area (Å²) in [5.41, 5.74) is -0.106. The molecular formula is C16H19F3N2O. The molecule has 1 atom stereocenters. The van der Waals surface area contributed by atoms with Crippen molar-refractivity contribution in [2.45, 2.75) is 37.6 Å². The summed E-state index contributed by atoms with van der Waals surface area (Å²) in [6.07, 6.45) is -1.64. The first-order chi connectivity index (χ1) is 10.3. The zero-order valence-corrected chi connectivity index (χ0v) is 12.3. The molecule has 2 N–H and O–H groups in total. The average molecular weight is 312 g/mol. The number of aliphatic hydroxyl groups excluding tert-OH is 1. The molecule has 1 aliphatic rings. The van der Waals surface area contributed by atoms with Crippen LogP contribution in [0.4, 0.5) is 18.9 Å². The van der Waals surface area contributed by atoms with E-state index in [1.807, 2.05) is 25.1 Å². The maximum Gasteiger partial charge on any atom is 0.406 e. The lowest BCUT2D eigenvalue weighted by atomic mass is 10.0. The zero-order chi connectivity index (χ0) is 16.4. The topological polar surface area (TPSA) is 44.6 Å². The number of alkyl halides is 3. The third-order valence-electron chi connectivity index (χ3n) is 3.89. The molecule has 0 heterocycles. The summed E-state index contributed by atoms with van der Waals surface area (Å²) in [5.74, 6) is 0. The van der Waals surface area contributed by atoms with E-state index in [1.54, 1.807) is 12.1 Å². The number of β-amino-alcohol motifs (C(OH)–C–C–N with tert-alkyl or cyclic N) is 1. The van der Waals surface area contributed by atoms with Crippen LogP contribution in [-0.2, 0) is 0 Å². The van der Waals surface area contributed by atoms with Crippen LogP contribution in [0.15, 0.2) is 29.3 Å². The Morgan fingerprint density at radius 2 is 2.14 bits per heavy atom. The highest BCUT2D eigenvalue weighted by Crippen LogP contribution is 2.49. The first-order valence-corrected chi connectivity index (χ1v) is 7.07. The highest BCUT2D eigenvalue weighted by atomic mass is 19.4. The smallest absolute Gasteiger partial charge is 0.387 e. The number of benzene rings is 1. The van der Waals surface area contributed by atoms with Crippen molar-refractivity contribution < 1.29 is 18.3 Å². The Labute approximate surface area is 127 Å². The summed E-state index contributed by atoms with van der Waals surface area (Å²) in [4.78, 5) is 3.91. The molecule has 0 bridgehead atoms. The van der Waals surface area contributed by atoms with Crippen molar-refractivity contribution >= 4 is 18.5 Å². The molecule has 3 nitrogen and oxygen atoms in total. The molecule has 22 heavy (non-hydrogen) atoms. The number of hydrogen-bond acceptors (Lipinski definition) is 3. The van der Waals surface area contributed by atoms with Crippen molar-refractivity contribution in [3.8, 4) is 0 Å². The molecule has 0 spiro atoms. The monoisotopic (exact) mass is 312 g/mol. The van der Waals surface area contributed by atoms with E-state index in [1.165, 1.54) is 0 Å². The second-order valence-corrected chi connectivity index (χ2v) is 5.42. The number of nitrogens with zero attached hydrogens (tertiary/aromatic N) is 1. The molecule has 0 amide bonds. The Kier molecular flexibility index (Phi) is 4.72. The molecule has 6 heteroatoms. The highest BCUT2D eigenvalue weighted by Gasteiger charge is 2.63. The molecule has 1 aliphatic carbocycles. The Hall–Kier alpha value is -1.66. The third kappa shape index (κ3) is 3.23. The van der Waals surface area contributed by atoms with Gasteiger partial charge in [0.15, 0.2) is 0 Å². The lowest BCUT2D eigenvalue weighted by molar-refractivity contribution is -0.166. The lowest BCUT2D eigenvalue weighted by Crippen LogP contribution is -2.46. The zero-order valence-electron chi connectivity index (χ0n) is 12.3. The second kappa shape index (κ2) is 6.22. The molecular weight excluding hydrogens is 293 g/mol. The van der Waals surface area contributed by atoms with E-state index < -0.39 is 17.8 Å². The number of allylic oxidation sites excluding steroid dienone is 1. The fraction of sp³-hybridized carbons (Fsp3) is 0.438. The van der Waals surface area contributed by atoms with Gasteiger partial charge in [-0.05, 0) is 26.5 Å². The second-order valence-electron chi connectivity index (χ2n) is 5.42. The SMILES string of the molecule is C=Nc1c(/C=C\C)cccc1[C@H](O)CNC1(C(F)(F)F)CC1. The van der Waals surface area contributed by atoms with E-state index in [9.17, 15) is 18.3 Å². The van der Waals surface area contributed by atoms with Crippen LogP contribution in [0.25, 0.3) is 6.08 Å². The minimum atomic E-state index is -4.29. The summed E-state index contributed by atoms with van der Waals surface area (Å²) in [7, 11) is 0. The van der Waals surface area contributed by atoms with Gasteiger partial charge >= 0.3 is 6.18 Å². The number of rotatable bonds is 6. The number of para-hydroxylation sites is 1. The van der Waals surface area contributed by atoms with Crippen LogP contribution < -0.4 is 5.32 Å². The minimum Gasteiger partial charge on any atom is -0.387 e. The van der Waals surface area contributed by atoms with E-state index in [2.05, 4.69) is 17.0 Å². The van der Waals surface area contributed by atoms with Gasteiger partial charge in [0.2, 0.25) is 0 Å². The van der Waals surface area contributed by atoms with Gasteiger partial charge in [0.1, 0.15) is 5.54 Å². The first kappa shape index (κ1) is 16.7. The van der Waals surface area contributed by atoms with Crippen molar-refractivity contribution in [1.29, 1.82) is 0 Å². The number of aliphatic imine (C=N–C) groups is 1. The van der Waals surface area contributed by atoms with Crippen LogP contribution in [0, 0.1) is 0 Å². The van der Waals surface area contributed by atoms with Crippen LogP contribution in [0.2, 0.25) is 0 Å². The van der Waals surface area contributed by atoms with E-state index in [-0.39, 0.29) is 19.4 Å². The molecule has 0 radical (unpaired) electrons. The molecule has 2 rings (SSSR count). The number of aliphatic hydroxyl groups is 1. The van der Waals surface area contributed by atoms with Gasteiger partial charge in [-0.1, -0.05) is 30.4 Å². The van der Waals surface area contributed by atoms with Gasteiger partial charge in [-0.2, -0.15) is 13.2 Å². The van der Waals surface area contributed by atoms with Crippen molar-refractivity contribution in [3.63, 3.8) is 0 Å². The average Bonchev–Trinajstić information content (AvgIpc) is 3.25. The fourth-order valence-corrected chi connectivity index (χ4v) is 2.43. The Morgan fingerprint density at radius 3 is 2.64 bits per heavy atom. The molecule has 120 valence electrons. The van der Waals surface area contributed by atoms with E-state index in [4.69, 9.17) is 0 Å². The number of halogens is 3. The van der Waals surface area contributed by atoms with Crippen molar-refractivity contribution in [1.82, 2.24) is 5.32 Å². The lowest BCUT2D eigenvalue weighted by Gasteiger charge is -2.23. The normalized spacial score (nSPS) is 18.4. The molecule has 1 fully saturated rings. The maximum atomic E-state index is 12.9. The van der Waals surface area contributed by atoms with Gasteiger partial charge in [-0.15, -0.1) is 0 Å². The molecule has 0 aliphatic heterocycles. The van der Waals surface area contributed by atoms with Gasteiger partial charge in [0, 0.05) is 17.7 Å². The Bertz CT molecular complexity index is 577. The van der Waals surface area contributed by atoms with E-state index >= 15 is 0 Å². The van der Waals surface area contributed by atoms with Crippen LogP contribution >= 0.6 is 0 Å². The molecule has 1 aromatic carbocycles. The Morgan fingerprint density at radius 1 is 1.45 bits per heavy atom. The molecule has 1 saturated carbocycles. The summed E-state index contributed by atoms with van der Waals surface area (Å²) in [5, 5.41) is 12.7. The van der Waals surface area contributed by atoms with Crippen LogP contribution in [0.5, 0.6) is 0 Å². The van der Waals surface area contributed by atoms with Crippen LogP contribution in [0.1, 0.15) is 37.0 Å². The van der Waals surface area contributed by atoms with E-state index in [0.717, 1.165) is 5.56 Å². The first-order valence-electron chi connectivity index (χ1n) is 7.07. The molecule has 0 saturated heterocycles. The largest absolute Gasteiger partial charge is 0.406 e. The van der Waals surface area contributed by atoms with Crippen LogP contribution in [-0.4, -0.2) is 30.1 Å². The fourth-order valence-electron chi connectivity index (χ4n) is 2.43. The van der Waals surface area contributed by atoms with Crippen molar-refractivity contribution in [2.24, 2.45) is 4.99 Å². The summed E-state index contributed by atoms with van der Waals surface area (Å²) < 4.78 is 38.6. The summed E-state index contributed by atoms with van der Waals surface area (Å²) in [6, 6.07) is 5.20. The molecule has 0 aromatic heterocycles. The maximum absolute atomic E-state index is 12.9. The minimum absolute atomic E-state index is 0.0500. The third-order valence-corrected chi connectivity index (χ3v) is 3.89. The van der Waals surface area contributed by atoms with E-state index in [0.29, 0.717) is 11.3 Å². The summed E-state index contributed by atoms with van der Waals surface area (Å²) >= 11 is 0. The predicted molar refractivity (Wildman–Crippen MR) is 81.3 cm³/mol. The standard InChI is InChI=1S/C16H19F3N2O/c1-3-5-11-6-4-7-12(14(11)20-2)13(22)10-21-15(8-9-15)16(17,18)19/h3-7,13,21-22H,2,8-10H2,1H3/b5-3-/t13-/m1/s1. The van der Waals surface area contributed by atoms with Crippen LogP contribution in [0.3, 0.4) is 0 Å². The summed E-state index contributed by atoms with van der Waals surface area (Å²) in [6.45, 7) is 5.15. The Balaban J connectivity index is 2.15. The number of nitrogens with one attached hydrogen (secondary N) is 1. The molecule has 1 aromatic rings. The van der Waals surface area contributed by atoms with Gasteiger partial charge in [0.25, 0.3) is 0 Å². The van der Waals surface area contributed by atoms with Crippen molar-refractivity contribution in [2.75, 3.05) is 6.54 Å². The van der Waals surface area contributed by atoms with Crippen molar-refractivity contribution in [3.05, 3.63) is 35.4 Å². The predicted octanol–water partition coefficient (Wildman–Crippen LogP) is 3.77. The molecule has 0 unspecified atom stereocenters. The van der Waals surface area contributed by atoms with Gasteiger partial charge in [0.05, 0.1) is 11.8 Å². The highest BCUT2D eigenvalue weighted by molar-refractivity contribution is 5.69. The quantitative estimate of drug-likeness (QED) is 0.785. The van der Waals surface area contributed by atoms with Gasteiger partial charge < -0.3 is 10.4 Å². The van der Waals surface area contributed by atoms with Gasteiger partial charge in [-0.25, -0.2) is 0 Å². The number of hydrogen-bond donors (Lipinski definition) is 2.